The van der Waals surface area contributed by atoms with Crippen LogP contribution in [0.1, 0.15) is 33.1 Å². The summed E-state index contributed by atoms with van der Waals surface area (Å²) in [5, 5.41) is 0. The molecule has 0 N–H and O–H groups in total. The number of carbonyl (C=O) groups excluding carboxylic acids is 2. The minimum atomic E-state index is -0.170. The van der Waals surface area contributed by atoms with Gasteiger partial charge in [-0.3, -0.25) is 9.59 Å². The van der Waals surface area contributed by atoms with Crippen LogP contribution in [0, 0.1) is 0 Å². The summed E-state index contributed by atoms with van der Waals surface area (Å²) >= 11 is 0. The summed E-state index contributed by atoms with van der Waals surface area (Å²) in [5.74, 6) is -0.340. The van der Waals surface area contributed by atoms with Crippen LogP contribution in [0.2, 0.25) is 0 Å². The van der Waals surface area contributed by atoms with Crippen LogP contribution in [-0.2, 0) is 9.59 Å². The van der Waals surface area contributed by atoms with E-state index in [1.54, 1.807) is 0 Å². The summed E-state index contributed by atoms with van der Waals surface area (Å²) < 4.78 is 0. The molecule has 0 atom stereocenters. The standard InChI is InChI=1S/C6H8O2.CH4/c7-5-3-1-2-4-6(5)8;/h1-4H2;1H4. The quantitative estimate of drug-likeness (QED) is 0.461. The first-order chi connectivity index (χ1) is 3.80. The van der Waals surface area contributed by atoms with Gasteiger partial charge in [0.05, 0.1) is 0 Å². The Morgan fingerprint density at radius 3 is 1.44 bits per heavy atom. The fraction of sp³-hybridized carbons (Fsp3) is 0.714. The van der Waals surface area contributed by atoms with Crippen LogP contribution in [-0.4, -0.2) is 11.6 Å². The summed E-state index contributed by atoms with van der Waals surface area (Å²) in [6, 6.07) is 0. The van der Waals surface area contributed by atoms with E-state index in [2.05, 4.69) is 0 Å². The van der Waals surface area contributed by atoms with Crippen molar-refractivity contribution in [2.24, 2.45) is 0 Å². The Kier molecular flexibility index (Phi) is 3.13. The van der Waals surface area contributed by atoms with Crippen molar-refractivity contribution in [3.63, 3.8) is 0 Å². The van der Waals surface area contributed by atoms with E-state index in [9.17, 15) is 9.59 Å². The van der Waals surface area contributed by atoms with Gasteiger partial charge in [0.1, 0.15) is 0 Å². The lowest BCUT2D eigenvalue weighted by Gasteiger charge is -2.04. The Morgan fingerprint density at radius 1 is 0.889 bits per heavy atom. The molecule has 0 aromatic carbocycles. The molecule has 0 amide bonds. The normalized spacial score (nSPS) is 19.1. The zero-order valence-corrected chi connectivity index (χ0v) is 4.64. The van der Waals surface area contributed by atoms with E-state index in [0.717, 1.165) is 12.8 Å². The van der Waals surface area contributed by atoms with Crippen molar-refractivity contribution >= 4 is 11.6 Å². The minimum absolute atomic E-state index is 0. The number of Topliss-reactive ketones (excluding diaryl/α,β-unsaturated/α-hetero) is 2. The highest BCUT2D eigenvalue weighted by atomic mass is 16.2. The van der Waals surface area contributed by atoms with Crippen LogP contribution in [0.15, 0.2) is 0 Å². The van der Waals surface area contributed by atoms with Gasteiger partial charge in [-0.25, -0.2) is 0 Å². The molecule has 0 aliphatic heterocycles. The van der Waals surface area contributed by atoms with Gasteiger partial charge in [-0.15, -0.1) is 0 Å². The van der Waals surface area contributed by atoms with Crippen LogP contribution in [0.3, 0.4) is 0 Å². The van der Waals surface area contributed by atoms with Gasteiger partial charge in [-0.1, -0.05) is 7.43 Å². The van der Waals surface area contributed by atoms with Gasteiger partial charge in [0, 0.05) is 12.8 Å². The molecule has 1 saturated carbocycles. The van der Waals surface area contributed by atoms with Gasteiger partial charge in [-0.2, -0.15) is 0 Å². The molecule has 0 aromatic rings. The van der Waals surface area contributed by atoms with Crippen molar-refractivity contribution in [3.05, 3.63) is 0 Å². The summed E-state index contributed by atoms with van der Waals surface area (Å²) in [5.41, 5.74) is 0. The monoisotopic (exact) mass is 128 g/mol. The maximum atomic E-state index is 10.4. The highest BCUT2D eigenvalue weighted by Crippen LogP contribution is 2.09. The summed E-state index contributed by atoms with van der Waals surface area (Å²) in [4.78, 5) is 20.9. The first kappa shape index (κ1) is 8.34. The molecule has 1 aliphatic rings. The molecule has 0 bridgehead atoms. The molecule has 1 fully saturated rings. The lowest BCUT2D eigenvalue weighted by Crippen LogP contribution is -2.17. The average molecular weight is 128 g/mol. The second kappa shape index (κ2) is 3.38. The third kappa shape index (κ3) is 1.96. The number of hydrogen-bond acceptors (Lipinski definition) is 2. The van der Waals surface area contributed by atoms with Crippen molar-refractivity contribution in [1.82, 2.24) is 0 Å². The molecule has 1 aliphatic carbocycles. The van der Waals surface area contributed by atoms with Crippen molar-refractivity contribution in [2.45, 2.75) is 33.1 Å². The van der Waals surface area contributed by atoms with Gasteiger partial charge >= 0.3 is 0 Å². The van der Waals surface area contributed by atoms with Crippen molar-refractivity contribution in [2.75, 3.05) is 0 Å². The predicted molar refractivity (Wildman–Crippen MR) is 35.2 cm³/mol. The van der Waals surface area contributed by atoms with Crippen LogP contribution < -0.4 is 0 Å². The van der Waals surface area contributed by atoms with E-state index in [1.807, 2.05) is 0 Å². The Morgan fingerprint density at radius 2 is 1.22 bits per heavy atom. The Hall–Kier alpha value is -0.660. The molecular weight excluding hydrogens is 116 g/mol. The Balaban J connectivity index is 0.000000640. The molecule has 52 valence electrons. The van der Waals surface area contributed by atoms with E-state index in [0.29, 0.717) is 12.8 Å². The van der Waals surface area contributed by atoms with Crippen LogP contribution >= 0.6 is 0 Å². The van der Waals surface area contributed by atoms with Gasteiger partial charge in [-0.05, 0) is 12.8 Å². The van der Waals surface area contributed by atoms with Crippen molar-refractivity contribution < 1.29 is 9.59 Å². The van der Waals surface area contributed by atoms with Crippen molar-refractivity contribution in [1.29, 1.82) is 0 Å². The van der Waals surface area contributed by atoms with E-state index in [1.165, 1.54) is 0 Å². The fourth-order valence-corrected chi connectivity index (χ4v) is 0.850. The highest BCUT2D eigenvalue weighted by molar-refractivity contribution is 6.37. The molecule has 1 rings (SSSR count). The molecule has 2 heteroatoms. The largest absolute Gasteiger partial charge is 0.291 e. The first-order valence-electron chi connectivity index (χ1n) is 2.87. The third-order valence-electron chi connectivity index (χ3n) is 1.37. The van der Waals surface area contributed by atoms with Gasteiger partial charge < -0.3 is 0 Å². The van der Waals surface area contributed by atoms with E-state index >= 15 is 0 Å². The van der Waals surface area contributed by atoms with E-state index in [-0.39, 0.29) is 19.0 Å². The number of rotatable bonds is 0. The first-order valence-corrected chi connectivity index (χ1v) is 2.87. The molecule has 0 saturated heterocycles. The van der Waals surface area contributed by atoms with E-state index in [4.69, 9.17) is 0 Å². The van der Waals surface area contributed by atoms with E-state index < -0.39 is 0 Å². The maximum Gasteiger partial charge on any atom is 0.198 e. The van der Waals surface area contributed by atoms with Gasteiger partial charge in [0.15, 0.2) is 11.6 Å². The third-order valence-corrected chi connectivity index (χ3v) is 1.37. The smallest absolute Gasteiger partial charge is 0.198 e. The molecule has 0 heterocycles. The fourth-order valence-electron chi connectivity index (χ4n) is 0.850. The summed E-state index contributed by atoms with van der Waals surface area (Å²) in [7, 11) is 0. The van der Waals surface area contributed by atoms with Crippen molar-refractivity contribution in [3.8, 4) is 0 Å². The van der Waals surface area contributed by atoms with Crippen LogP contribution in [0.25, 0.3) is 0 Å². The lowest BCUT2D eigenvalue weighted by molar-refractivity contribution is -0.137. The Labute approximate surface area is 55.3 Å². The lowest BCUT2D eigenvalue weighted by atomic mass is 9.98. The molecule has 0 unspecified atom stereocenters. The molecular formula is C7H12O2. The molecule has 0 radical (unpaired) electrons. The molecule has 0 spiro atoms. The van der Waals surface area contributed by atoms with Gasteiger partial charge in [0.2, 0.25) is 0 Å². The second-order valence-electron chi connectivity index (χ2n) is 2.05. The predicted octanol–water partition coefficient (Wildman–Crippen LogP) is 1.33. The zero-order valence-electron chi connectivity index (χ0n) is 4.64. The second-order valence-corrected chi connectivity index (χ2v) is 2.05. The topological polar surface area (TPSA) is 34.1 Å². The van der Waals surface area contributed by atoms with Crippen LogP contribution in [0.4, 0.5) is 0 Å². The van der Waals surface area contributed by atoms with Crippen LogP contribution in [0.5, 0.6) is 0 Å². The summed E-state index contributed by atoms with van der Waals surface area (Å²) in [6.07, 6.45) is 2.78. The number of carbonyl (C=O) groups is 2. The zero-order chi connectivity index (χ0) is 5.98. The van der Waals surface area contributed by atoms with Gasteiger partial charge in [0.25, 0.3) is 0 Å². The maximum absolute atomic E-state index is 10.4. The SMILES string of the molecule is C.O=C1CCCCC1=O. The summed E-state index contributed by atoms with van der Waals surface area (Å²) in [6.45, 7) is 0. The molecule has 9 heavy (non-hydrogen) atoms. The average Bonchev–Trinajstić information content (AvgIpc) is 1.77. The minimum Gasteiger partial charge on any atom is -0.291 e. The number of ketones is 2. The highest BCUT2D eigenvalue weighted by Gasteiger charge is 2.16. The molecule has 2 nitrogen and oxygen atoms in total. The molecule has 0 aromatic heterocycles. The Bertz CT molecular complexity index is 111. The number of hydrogen-bond donors (Lipinski definition) is 0.